The van der Waals surface area contributed by atoms with Gasteiger partial charge in [-0.2, -0.15) is 0 Å². The molecule has 3 N–H and O–H groups in total. The number of carbonyl (C=O) groups excluding carboxylic acids is 3. The standard InChI is InChI=1S/C35H43N9O5/c1-33(2,3)26-19-27(38-29(37-26)30(46)36-17-18-43(6)7)39-32(47)40-35(21-45)16-15-25(23-11-9-10-12-24(23)35)49-22-13-14-28-41-42-31(44(28)20-22)34(4,5)48-8/h9-16,19-21,25H,17-18H2,1-8H3,(H,36,46)(H2,37,38,39,40,47)/t25-,35-/m1/s1. The molecular formula is C35H43N9O5. The summed E-state index contributed by atoms with van der Waals surface area (Å²) >= 11 is 0. The van der Waals surface area contributed by atoms with Crippen LogP contribution in [-0.2, 0) is 26.1 Å². The van der Waals surface area contributed by atoms with E-state index in [1.165, 1.54) is 0 Å². The van der Waals surface area contributed by atoms with Crippen LogP contribution in [0.2, 0.25) is 0 Å². The molecule has 0 saturated carbocycles. The summed E-state index contributed by atoms with van der Waals surface area (Å²) in [6.45, 7) is 10.7. The molecule has 1 aliphatic carbocycles. The smallest absolute Gasteiger partial charge is 0.321 e. The number of ether oxygens (including phenoxy) is 2. The first-order chi connectivity index (χ1) is 23.2. The number of methoxy groups -OCH3 is 1. The fraction of sp³-hybridized carbons (Fsp3) is 0.400. The Bertz CT molecular complexity index is 1900. The van der Waals surface area contributed by atoms with Crippen LogP contribution in [0.5, 0.6) is 5.75 Å². The van der Waals surface area contributed by atoms with Gasteiger partial charge in [0, 0.05) is 37.2 Å². The number of aldehydes is 1. The molecule has 1 aliphatic rings. The molecule has 4 aromatic rings. The van der Waals surface area contributed by atoms with Crippen molar-refractivity contribution in [3.8, 4) is 5.75 Å². The zero-order valence-corrected chi connectivity index (χ0v) is 29.1. The fourth-order valence-electron chi connectivity index (χ4n) is 5.29. The van der Waals surface area contributed by atoms with E-state index in [1.807, 2.05) is 70.1 Å². The van der Waals surface area contributed by atoms with Gasteiger partial charge in [-0.3, -0.25) is 19.3 Å². The number of likely N-dealkylation sites (N-methyl/N-ethyl adjacent to an activating group) is 1. The molecule has 3 amide bonds. The molecule has 2 atom stereocenters. The van der Waals surface area contributed by atoms with Crippen LogP contribution in [0.15, 0.2) is 60.8 Å². The predicted octanol–water partition coefficient (Wildman–Crippen LogP) is 3.90. The van der Waals surface area contributed by atoms with Crippen LogP contribution in [0.25, 0.3) is 5.65 Å². The summed E-state index contributed by atoms with van der Waals surface area (Å²) in [5, 5.41) is 16.9. The SMILES string of the molecule is COC(C)(C)c1nnc2ccc(O[C@@H]3C=C[C@](C=O)(NC(=O)Nc4cc(C(C)(C)C)nc(C(=O)NCCN(C)C)n4)c4ccccc43)cn12. The van der Waals surface area contributed by atoms with Crippen LogP contribution in [-0.4, -0.2) is 82.0 Å². The molecular weight excluding hydrogens is 626 g/mol. The summed E-state index contributed by atoms with van der Waals surface area (Å²) < 4.78 is 13.8. The molecule has 0 fully saturated rings. The highest BCUT2D eigenvalue weighted by molar-refractivity contribution is 5.94. The lowest BCUT2D eigenvalue weighted by atomic mass is 9.81. The Morgan fingerprint density at radius 3 is 2.51 bits per heavy atom. The second-order valence-corrected chi connectivity index (χ2v) is 13.7. The molecule has 0 bridgehead atoms. The highest BCUT2D eigenvalue weighted by Crippen LogP contribution is 2.37. The molecule has 5 rings (SSSR count). The van der Waals surface area contributed by atoms with Crippen molar-refractivity contribution in [1.82, 2.24) is 40.1 Å². The lowest BCUT2D eigenvalue weighted by Gasteiger charge is -2.34. The molecule has 0 aliphatic heterocycles. The van der Waals surface area contributed by atoms with Crippen LogP contribution in [0, 0.1) is 0 Å². The molecule has 3 heterocycles. The van der Waals surface area contributed by atoms with E-state index in [0.717, 1.165) is 0 Å². The van der Waals surface area contributed by atoms with Crippen molar-refractivity contribution < 1.29 is 23.9 Å². The number of aromatic nitrogens is 5. The number of carbonyl (C=O) groups is 3. The second-order valence-electron chi connectivity index (χ2n) is 13.7. The van der Waals surface area contributed by atoms with Crippen LogP contribution in [0.3, 0.4) is 0 Å². The highest BCUT2D eigenvalue weighted by atomic mass is 16.5. The van der Waals surface area contributed by atoms with E-state index in [4.69, 9.17) is 9.47 Å². The predicted molar refractivity (Wildman–Crippen MR) is 183 cm³/mol. The van der Waals surface area contributed by atoms with Crippen molar-refractivity contribution in [3.05, 3.63) is 89.3 Å². The minimum absolute atomic E-state index is 0.0722. The Hall–Kier alpha value is -5.21. The second kappa shape index (κ2) is 13.7. The summed E-state index contributed by atoms with van der Waals surface area (Å²) in [6, 6.07) is 11.8. The molecule has 49 heavy (non-hydrogen) atoms. The largest absolute Gasteiger partial charge is 0.480 e. The van der Waals surface area contributed by atoms with Crippen molar-refractivity contribution in [2.24, 2.45) is 0 Å². The number of benzene rings is 1. The van der Waals surface area contributed by atoms with Gasteiger partial charge in [0.2, 0.25) is 5.82 Å². The molecule has 14 nitrogen and oxygen atoms in total. The van der Waals surface area contributed by atoms with Crippen LogP contribution in [0.1, 0.15) is 74.0 Å². The lowest BCUT2D eigenvalue weighted by molar-refractivity contribution is -0.111. The Balaban J connectivity index is 1.39. The maximum absolute atomic E-state index is 13.5. The Morgan fingerprint density at radius 1 is 1.06 bits per heavy atom. The van der Waals surface area contributed by atoms with E-state index < -0.39 is 34.6 Å². The summed E-state index contributed by atoms with van der Waals surface area (Å²) in [5.74, 6) is 0.732. The molecule has 0 unspecified atom stereocenters. The number of urea groups is 1. The molecule has 14 heteroatoms. The zero-order valence-electron chi connectivity index (χ0n) is 29.1. The third-order valence-electron chi connectivity index (χ3n) is 8.22. The highest BCUT2D eigenvalue weighted by Gasteiger charge is 2.38. The average Bonchev–Trinajstić information content (AvgIpc) is 3.49. The van der Waals surface area contributed by atoms with Crippen LogP contribution in [0.4, 0.5) is 10.6 Å². The molecule has 0 radical (unpaired) electrons. The van der Waals surface area contributed by atoms with Gasteiger partial charge in [-0.1, -0.05) is 45.0 Å². The average molecular weight is 670 g/mol. The first kappa shape index (κ1) is 35.1. The van der Waals surface area contributed by atoms with Crippen molar-refractivity contribution in [1.29, 1.82) is 0 Å². The van der Waals surface area contributed by atoms with Gasteiger partial charge in [0.1, 0.15) is 28.8 Å². The maximum Gasteiger partial charge on any atom is 0.321 e. The Kier molecular flexibility index (Phi) is 9.83. The summed E-state index contributed by atoms with van der Waals surface area (Å²) in [7, 11) is 5.42. The van der Waals surface area contributed by atoms with Crippen molar-refractivity contribution in [3.63, 3.8) is 0 Å². The molecule has 0 saturated heterocycles. The van der Waals surface area contributed by atoms with Crippen molar-refractivity contribution in [2.45, 2.75) is 57.3 Å². The number of fused-ring (bicyclic) bond motifs is 2. The number of hydrogen-bond acceptors (Lipinski definition) is 10. The fourth-order valence-corrected chi connectivity index (χ4v) is 5.29. The minimum atomic E-state index is -1.51. The molecule has 0 spiro atoms. The van der Waals surface area contributed by atoms with Gasteiger partial charge in [-0.15, -0.1) is 10.2 Å². The summed E-state index contributed by atoms with van der Waals surface area (Å²) in [5.41, 5.74) is -0.222. The number of anilines is 1. The number of amides is 3. The van der Waals surface area contributed by atoms with Gasteiger partial charge in [0.05, 0.1) is 11.9 Å². The third-order valence-corrected chi connectivity index (χ3v) is 8.22. The van der Waals surface area contributed by atoms with Gasteiger partial charge in [-0.05, 0) is 57.8 Å². The van der Waals surface area contributed by atoms with Gasteiger partial charge in [0.15, 0.2) is 17.8 Å². The van der Waals surface area contributed by atoms with E-state index >= 15 is 0 Å². The monoisotopic (exact) mass is 669 g/mol. The normalized spacial score (nSPS) is 17.4. The summed E-state index contributed by atoms with van der Waals surface area (Å²) in [4.78, 5) is 50.0. The van der Waals surface area contributed by atoms with E-state index in [1.54, 1.807) is 55.8 Å². The molecule has 258 valence electrons. The van der Waals surface area contributed by atoms with Crippen molar-refractivity contribution >= 4 is 29.7 Å². The number of nitrogens with one attached hydrogen (secondary N) is 3. The van der Waals surface area contributed by atoms with E-state index in [9.17, 15) is 14.4 Å². The Morgan fingerprint density at radius 2 is 1.82 bits per heavy atom. The van der Waals surface area contributed by atoms with Gasteiger partial charge >= 0.3 is 6.03 Å². The molecule has 1 aromatic carbocycles. The van der Waals surface area contributed by atoms with Gasteiger partial charge < -0.3 is 25.0 Å². The van der Waals surface area contributed by atoms with E-state index in [0.29, 0.717) is 53.4 Å². The topological polar surface area (TPSA) is 165 Å². The van der Waals surface area contributed by atoms with Crippen LogP contribution < -0.4 is 20.7 Å². The minimum Gasteiger partial charge on any atom is -0.480 e. The third kappa shape index (κ3) is 7.60. The first-order valence-electron chi connectivity index (χ1n) is 15.9. The number of rotatable bonds is 11. The van der Waals surface area contributed by atoms with Crippen molar-refractivity contribution in [2.75, 3.05) is 39.6 Å². The summed E-state index contributed by atoms with van der Waals surface area (Å²) in [6.07, 6.45) is 5.22. The Labute approximate surface area is 285 Å². The van der Waals surface area contributed by atoms with Gasteiger partial charge in [-0.25, -0.2) is 14.8 Å². The maximum atomic E-state index is 13.5. The van der Waals surface area contributed by atoms with Gasteiger partial charge in [0.25, 0.3) is 5.91 Å². The molecule has 3 aromatic heterocycles. The van der Waals surface area contributed by atoms with E-state index in [2.05, 4.69) is 36.1 Å². The van der Waals surface area contributed by atoms with Crippen LogP contribution >= 0.6 is 0 Å². The zero-order chi connectivity index (χ0) is 35.6. The quantitative estimate of drug-likeness (QED) is 0.158. The lowest BCUT2D eigenvalue weighted by Crippen LogP contribution is -2.49. The number of hydrogen-bond donors (Lipinski definition) is 3. The van der Waals surface area contributed by atoms with E-state index in [-0.39, 0.29) is 11.6 Å². The first-order valence-corrected chi connectivity index (χ1v) is 15.9. The number of pyridine rings is 1. The number of nitrogens with zero attached hydrogens (tertiary/aromatic N) is 6.